The summed E-state index contributed by atoms with van der Waals surface area (Å²) >= 11 is 0. The summed E-state index contributed by atoms with van der Waals surface area (Å²) in [7, 11) is 1.98. The predicted molar refractivity (Wildman–Crippen MR) is 79.7 cm³/mol. The van der Waals surface area contributed by atoms with Crippen LogP contribution in [0.3, 0.4) is 0 Å². The summed E-state index contributed by atoms with van der Waals surface area (Å²) in [4.78, 5) is 10.8. The second-order valence-corrected chi connectivity index (χ2v) is 5.33. The standard InChI is InChI=1S/C15H20N4O/c1-10(2)9-19(5)13-8-12(6-7-16-13)15-17-14(11(3)4)18-20-15/h6-8,11H,1,9H2,2-5H3. The van der Waals surface area contributed by atoms with Crippen LogP contribution in [-0.2, 0) is 0 Å². The third kappa shape index (κ3) is 3.23. The maximum Gasteiger partial charge on any atom is 0.258 e. The minimum atomic E-state index is 0.250. The lowest BCUT2D eigenvalue weighted by atomic mass is 10.2. The first-order chi connectivity index (χ1) is 9.47. The van der Waals surface area contributed by atoms with Crippen LogP contribution in [0.4, 0.5) is 5.82 Å². The van der Waals surface area contributed by atoms with E-state index in [2.05, 4.69) is 21.7 Å². The predicted octanol–water partition coefficient (Wildman–Crippen LogP) is 3.27. The average molecular weight is 272 g/mol. The van der Waals surface area contributed by atoms with Gasteiger partial charge in [-0.25, -0.2) is 4.98 Å². The number of pyridine rings is 1. The average Bonchev–Trinajstić information content (AvgIpc) is 2.88. The Morgan fingerprint density at radius 3 is 2.80 bits per heavy atom. The molecule has 0 fully saturated rings. The Hall–Kier alpha value is -2.17. The molecule has 5 nitrogen and oxygen atoms in total. The van der Waals surface area contributed by atoms with Gasteiger partial charge in [0.25, 0.3) is 5.89 Å². The van der Waals surface area contributed by atoms with E-state index in [9.17, 15) is 0 Å². The van der Waals surface area contributed by atoms with Crippen molar-refractivity contribution in [1.29, 1.82) is 0 Å². The van der Waals surface area contributed by atoms with Crippen molar-refractivity contribution >= 4 is 5.82 Å². The first-order valence-electron chi connectivity index (χ1n) is 6.63. The van der Waals surface area contributed by atoms with Gasteiger partial charge in [-0.05, 0) is 19.1 Å². The monoisotopic (exact) mass is 272 g/mol. The highest BCUT2D eigenvalue weighted by atomic mass is 16.5. The Bertz CT molecular complexity index is 603. The lowest BCUT2D eigenvalue weighted by molar-refractivity contribution is 0.419. The summed E-state index contributed by atoms with van der Waals surface area (Å²) in [5.74, 6) is 2.35. The lowest BCUT2D eigenvalue weighted by Gasteiger charge is -2.18. The van der Waals surface area contributed by atoms with Gasteiger partial charge in [0.1, 0.15) is 5.82 Å². The van der Waals surface area contributed by atoms with E-state index in [1.807, 2.05) is 44.9 Å². The molecule has 2 rings (SSSR count). The minimum absolute atomic E-state index is 0.250. The third-order valence-electron chi connectivity index (χ3n) is 2.85. The quantitative estimate of drug-likeness (QED) is 0.782. The largest absolute Gasteiger partial charge is 0.356 e. The van der Waals surface area contributed by atoms with Gasteiger partial charge in [-0.1, -0.05) is 31.2 Å². The van der Waals surface area contributed by atoms with Crippen molar-refractivity contribution in [1.82, 2.24) is 15.1 Å². The summed E-state index contributed by atoms with van der Waals surface area (Å²) in [5.41, 5.74) is 1.96. The fourth-order valence-electron chi connectivity index (χ4n) is 1.83. The van der Waals surface area contributed by atoms with Crippen LogP contribution in [0.1, 0.15) is 32.5 Å². The fourth-order valence-corrected chi connectivity index (χ4v) is 1.83. The van der Waals surface area contributed by atoms with Crippen LogP contribution in [0.15, 0.2) is 35.0 Å². The maximum absolute atomic E-state index is 5.30. The molecule has 0 bridgehead atoms. The van der Waals surface area contributed by atoms with Crippen molar-refractivity contribution in [2.24, 2.45) is 0 Å². The van der Waals surface area contributed by atoms with E-state index >= 15 is 0 Å². The van der Waals surface area contributed by atoms with Crippen molar-refractivity contribution in [3.05, 3.63) is 36.3 Å². The molecule has 0 saturated heterocycles. The smallest absolute Gasteiger partial charge is 0.258 e. The molecule has 0 radical (unpaired) electrons. The van der Waals surface area contributed by atoms with E-state index < -0.39 is 0 Å². The molecule has 0 unspecified atom stereocenters. The maximum atomic E-state index is 5.30. The van der Waals surface area contributed by atoms with Crippen LogP contribution in [0.25, 0.3) is 11.5 Å². The minimum Gasteiger partial charge on any atom is -0.356 e. The molecular formula is C15H20N4O. The SMILES string of the molecule is C=C(C)CN(C)c1cc(-c2nc(C(C)C)no2)ccn1. The molecule has 0 aliphatic rings. The van der Waals surface area contributed by atoms with Crippen molar-refractivity contribution in [3.63, 3.8) is 0 Å². The van der Waals surface area contributed by atoms with Crippen molar-refractivity contribution in [3.8, 4) is 11.5 Å². The molecule has 0 aliphatic heterocycles. The van der Waals surface area contributed by atoms with Gasteiger partial charge >= 0.3 is 0 Å². The molecule has 20 heavy (non-hydrogen) atoms. The molecule has 0 atom stereocenters. The second-order valence-electron chi connectivity index (χ2n) is 5.33. The van der Waals surface area contributed by atoms with E-state index in [0.717, 1.165) is 23.5 Å². The Kier molecular flexibility index (Phi) is 4.17. The summed E-state index contributed by atoms with van der Waals surface area (Å²) < 4.78 is 5.30. The first kappa shape index (κ1) is 14.2. The molecule has 0 aliphatic carbocycles. The second kappa shape index (κ2) is 5.86. The Morgan fingerprint density at radius 2 is 2.20 bits per heavy atom. The van der Waals surface area contributed by atoms with Gasteiger partial charge in [-0.3, -0.25) is 0 Å². The van der Waals surface area contributed by atoms with Crippen LogP contribution in [0.5, 0.6) is 0 Å². The summed E-state index contributed by atoms with van der Waals surface area (Å²) in [6.07, 6.45) is 1.75. The van der Waals surface area contributed by atoms with E-state index in [1.54, 1.807) is 6.20 Å². The van der Waals surface area contributed by atoms with Crippen molar-refractivity contribution in [2.75, 3.05) is 18.5 Å². The van der Waals surface area contributed by atoms with Crippen molar-refractivity contribution < 1.29 is 4.52 Å². The highest BCUT2D eigenvalue weighted by molar-refractivity contribution is 5.58. The van der Waals surface area contributed by atoms with Gasteiger partial charge in [0.15, 0.2) is 5.82 Å². The van der Waals surface area contributed by atoms with Gasteiger partial charge in [0.05, 0.1) is 0 Å². The van der Waals surface area contributed by atoms with E-state index in [4.69, 9.17) is 4.52 Å². The van der Waals surface area contributed by atoms with Crippen LogP contribution in [0, 0.1) is 0 Å². The number of hydrogen-bond acceptors (Lipinski definition) is 5. The van der Waals surface area contributed by atoms with Crippen molar-refractivity contribution in [2.45, 2.75) is 26.7 Å². The Morgan fingerprint density at radius 1 is 1.45 bits per heavy atom. The molecule has 0 N–H and O–H groups in total. The zero-order valence-electron chi connectivity index (χ0n) is 12.4. The van der Waals surface area contributed by atoms with Gasteiger partial charge in [0, 0.05) is 31.3 Å². The van der Waals surface area contributed by atoms with Gasteiger partial charge in [-0.2, -0.15) is 4.98 Å². The number of aromatic nitrogens is 3. The van der Waals surface area contributed by atoms with Crippen LogP contribution in [0.2, 0.25) is 0 Å². The summed E-state index contributed by atoms with van der Waals surface area (Å²) in [6.45, 7) is 10.7. The molecule has 0 aromatic carbocycles. The van der Waals surface area contributed by atoms with Crippen LogP contribution < -0.4 is 4.90 Å². The zero-order chi connectivity index (χ0) is 14.7. The zero-order valence-corrected chi connectivity index (χ0v) is 12.4. The van der Waals surface area contributed by atoms with E-state index in [0.29, 0.717) is 11.7 Å². The Balaban J connectivity index is 2.26. The summed E-state index contributed by atoms with van der Waals surface area (Å²) in [5, 5.41) is 3.98. The summed E-state index contributed by atoms with van der Waals surface area (Å²) in [6, 6.07) is 3.82. The van der Waals surface area contributed by atoms with Crippen LogP contribution in [-0.4, -0.2) is 28.7 Å². The van der Waals surface area contributed by atoms with Gasteiger partial charge < -0.3 is 9.42 Å². The number of hydrogen-bond donors (Lipinski definition) is 0. The molecule has 2 heterocycles. The molecule has 5 heteroatoms. The molecular weight excluding hydrogens is 252 g/mol. The van der Waals surface area contributed by atoms with E-state index in [-0.39, 0.29) is 5.92 Å². The molecule has 0 spiro atoms. The topological polar surface area (TPSA) is 55.1 Å². The van der Waals surface area contributed by atoms with Gasteiger partial charge in [0.2, 0.25) is 0 Å². The van der Waals surface area contributed by atoms with Crippen LogP contribution >= 0.6 is 0 Å². The number of nitrogens with zero attached hydrogens (tertiary/aromatic N) is 4. The molecule has 0 amide bonds. The number of rotatable bonds is 5. The molecule has 106 valence electrons. The molecule has 0 saturated carbocycles. The highest BCUT2D eigenvalue weighted by Crippen LogP contribution is 2.22. The number of likely N-dealkylation sites (N-methyl/N-ethyl adjacent to an activating group) is 1. The van der Waals surface area contributed by atoms with Gasteiger partial charge in [-0.15, -0.1) is 0 Å². The lowest BCUT2D eigenvalue weighted by Crippen LogP contribution is -2.20. The third-order valence-corrected chi connectivity index (χ3v) is 2.85. The molecule has 2 aromatic rings. The number of anilines is 1. The first-order valence-corrected chi connectivity index (χ1v) is 6.63. The normalized spacial score (nSPS) is 10.8. The highest BCUT2D eigenvalue weighted by Gasteiger charge is 2.13. The Labute approximate surface area is 119 Å². The fraction of sp³-hybridized carbons (Fsp3) is 0.400. The van der Waals surface area contributed by atoms with E-state index in [1.165, 1.54) is 0 Å². The molecule has 2 aromatic heterocycles.